The maximum absolute atomic E-state index is 12.3. The van der Waals surface area contributed by atoms with E-state index in [0.29, 0.717) is 23.4 Å². The van der Waals surface area contributed by atoms with Crippen molar-refractivity contribution in [2.24, 2.45) is 5.73 Å². The summed E-state index contributed by atoms with van der Waals surface area (Å²) in [6.45, 7) is 3.69. The van der Waals surface area contributed by atoms with E-state index in [0.717, 1.165) is 12.2 Å². The Morgan fingerprint density at radius 3 is 2.08 bits per heavy atom. The van der Waals surface area contributed by atoms with Crippen molar-refractivity contribution in [1.29, 1.82) is 0 Å². The molecule has 0 saturated carbocycles. The van der Waals surface area contributed by atoms with Gasteiger partial charge in [0.05, 0.1) is 12.6 Å². The quantitative estimate of drug-likeness (QED) is 0.709. The summed E-state index contributed by atoms with van der Waals surface area (Å²) < 4.78 is 5.09. The van der Waals surface area contributed by atoms with E-state index in [1.54, 1.807) is 62.6 Å². The van der Waals surface area contributed by atoms with Gasteiger partial charge in [0.1, 0.15) is 5.75 Å². The molecule has 26 heavy (non-hydrogen) atoms. The van der Waals surface area contributed by atoms with Crippen molar-refractivity contribution in [3.63, 3.8) is 0 Å². The lowest BCUT2D eigenvalue weighted by atomic mass is 9.96. The number of amides is 2. The molecule has 0 aliphatic heterocycles. The van der Waals surface area contributed by atoms with Crippen molar-refractivity contribution in [3.05, 3.63) is 54.1 Å². The van der Waals surface area contributed by atoms with Crippen LogP contribution in [0.5, 0.6) is 5.75 Å². The van der Waals surface area contributed by atoms with Crippen molar-refractivity contribution >= 4 is 23.2 Å². The Bertz CT molecular complexity index is 753. The number of ether oxygens (including phenoxy) is 1. The topological polar surface area (TPSA) is 93.5 Å². The number of methoxy groups -OCH3 is 1. The summed E-state index contributed by atoms with van der Waals surface area (Å²) in [4.78, 5) is 24.5. The van der Waals surface area contributed by atoms with E-state index in [-0.39, 0.29) is 11.8 Å². The number of carbonyl (C=O) groups excluding carboxylic acids is 2. The Balaban J connectivity index is 1.99. The van der Waals surface area contributed by atoms with Gasteiger partial charge in [-0.1, -0.05) is 13.3 Å². The van der Waals surface area contributed by atoms with Gasteiger partial charge >= 0.3 is 0 Å². The van der Waals surface area contributed by atoms with E-state index in [4.69, 9.17) is 10.5 Å². The molecule has 1 unspecified atom stereocenters. The number of nitrogens with one attached hydrogen (secondary N) is 2. The summed E-state index contributed by atoms with van der Waals surface area (Å²) in [5, 5.41) is 5.59. The molecule has 1 atom stereocenters. The van der Waals surface area contributed by atoms with E-state index in [1.165, 1.54) is 0 Å². The largest absolute Gasteiger partial charge is 0.497 e. The van der Waals surface area contributed by atoms with E-state index in [2.05, 4.69) is 10.6 Å². The summed E-state index contributed by atoms with van der Waals surface area (Å²) in [5.41, 5.74) is 6.86. The molecule has 0 radical (unpaired) electrons. The number of carbonyl (C=O) groups is 2. The molecular weight excluding hydrogens is 330 g/mol. The molecule has 2 aromatic rings. The molecule has 0 aromatic heterocycles. The van der Waals surface area contributed by atoms with E-state index in [1.807, 2.05) is 6.92 Å². The lowest BCUT2D eigenvalue weighted by Crippen LogP contribution is -2.48. The predicted molar refractivity (Wildman–Crippen MR) is 104 cm³/mol. The number of nitrogens with two attached hydrogens (primary N) is 1. The zero-order chi connectivity index (χ0) is 19.2. The molecule has 4 N–H and O–H groups in total. The van der Waals surface area contributed by atoms with E-state index >= 15 is 0 Å². The molecule has 0 heterocycles. The molecule has 2 amide bonds. The first-order chi connectivity index (χ1) is 12.4. The first kappa shape index (κ1) is 19.5. The van der Waals surface area contributed by atoms with Gasteiger partial charge in [0.15, 0.2) is 0 Å². The summed E-state index contributed by atoms with van der Waals surface area (Å²) in [7, 11) is 1.59. The van der Waals surface area contributed by atoms with Crippen LogP contribution in [-0.2, 0) is 4.79 Å². The normalized spacial score (nSPS) is 12.8. The smallest absolute Gasteiger partial charge is 0.255 e. The molecule has 0 aliphatic rings. The van der Waals surface area contributed by atoms with Crippen LogP contribution < -0.4 is 21.1 Å². The Morgan fingerprint density at radius 2 is 1.54 bits per heavy atom. The van der Waals surface area contributed by atoms with Crippen LogP contribution in [0.3, 0.4) is 0 Å². The standard InChI is InChI=1S/C20H25N3O3/c1-4-13-20(2,21)19(25)23-16-7-5-14(6-8-16)18(24)22-15-9-11-17(26-3)12-10-15/h5-12H,4,13,21H2,1-3H3,(H,22,24)(H,23,25). The van der Waals surface area contributed by atoms with Crippen LogP contribution in [0.1, 0.15) is 37.0 Å². The fraction of sp³-hybridized carbons (Fsp3) is 0.300. The maximum atomic E-state index is 12.3. The minimum absolute atomic E-state index is 0.234. The molecular formula is C20H25N3O3. The summed E-state index contributed by atoms with van der Waals surface area (Å²) in [5.74, 6) is 0.246. The number of benzene rings is 2. The van der Waals surface area contributed by atoms with Crippen molar-refractivity contribution in [2.75, 3.05) is 17.7 Å². The zero-order valence-electron chi connectivity index (χ0n) is 15.3. The van der Waals surface area contributed by atoms with Crippen LogP contribution in [0.25, 0.3) is 0 Å². The second kappa shape index (κ2) is 8.49. The van der Waals surface area contributed by atoms with Crippen LogP contribution in [0.15, 0.2) is 48.5 Å². The lowest BCUT2D eigenvalue weighted by molar-refractivity contribution is -0.120. The van der Waals surface area contributed by atoms with Gasteiger partial charge in [0.2, 0.25) is 5.91 Å². The van der Waals surface area contributed by atoms with Gasteiger partial charge in [-0.15, -0.1) is 0 Å². The molecule has 2 rings (SSSR count). The highest BCUT2D eigenvalue weighted by Crippen LogP contribution is 2.18. The second-order valence-electron chi connectivity index (χ2n) is 6.38. The van der Waals surface area contributed by atoms with Crippen LogP contribution in [-0.4, -0.2) is 24.5 Å². The Kier molecular flexibility index (Phi) is 6.36. The molecule has 0 fully saturated rings. The highest BCUT2D eigenvalue weighted by Gasteiger charge is 2.27. The molecule has 0 saturated heterocycles. The fourth-order valence-corrected chi connectivity index (χ4v) is 2.49. The molecule has 0 bridgehead atoms. The second-order valence-corrected chi connectivity index (χ2v) is 6.38. The van der Waals surface area contributed by atoms with Gasteiger partial charge in [-0.3, -0.25) is 9.59 Å². The third-order valence-electron chi connectivity index (χ3n) is 4.04. The Labute approximate surface area is 153 Å². The van der Waals surface area contributed by atoms with Crippen molar-refractivity contribution < 1.29 is 14.3 Å². The van der Waals surface area contributed by atoms with Gasteiger partial charge in [0.25, 0.3) is 5.91 Å². The molecule has 0 spiro atoms. The van der Waals surface area contributed by atoms with E-state index in [9.17, 15) is 9.59 Å². The Morgan fingerprint density at radius 1 is 1.00 bits per heavy atom. The highest BCUT2D eigenvalue weighted by molar-refractivity contribution is 6.05. The van der Waals surface area contributed by atoms with Crippen molar-refractivity contribution in [1.82, 2.24) is 0 Å². The number of rotatable bonds is 7. The van der Waals surface area contributed by atoms with Gasteiger partial charge < -0.3 is 21.1 Å². The number of hydrogen-bond donors (Lipinski definition) is 3. The van der Waals surface area contributed by atoms with Gasteiger partial charge in [-0.05, 0) is 61.9 Å². The van der Waals surface area contributed by atoms with Gasteiger partial charge in [0, 0.05) is 16.9 Å². The number of anilines is 2. The predicted octanol–water partition coefficient (Wildman–Crippen LogP) is 3.40. The van der Waals surface area contributed by atoms with E-state index < -0.39 is 5.54 Å². The minimum Gasteiger partial charge on any atom is -0.497 e. The van der Waals surface area contributed by atoms with Crippen LogP contribution in [0.2, 0.25) is 0 Å². The molecule has 6 nitrogen and oxygen atoms in total. The molecule has 6 heteroatoms. The van der Waals surface area contributed by atoms with Gasteiger partial charge in [-0.25, -0.2) is 0 Å². The lowest BCUT2D eigenvalue weighted by Gasteiger charge is -2.22. The first-order valence-corrected chi connectivity index (χ1v) is 8.51. The zero-order valence-corrected chi connectivity index (χ0v) is 15.3. The Hall–Kier alpha value is -2.86. The van der Waals surface area contributed by atoms with Crippen LogP contribution in [0, 0.1) is 0 Å². The summed E-state index contributed by atoms with van der Waals surface area (Å²) >= 11 is 0. The van der Waals surface area contributed by atoms with Crippen LogP contribution >= 0.6 is 0 Å². The summed E-state index contributed by atoms with van der Waals surface area (Å²) in [6.07, 6.45) is 1.42. The third-order valence-corrected chi connectivity index (χ3v) is 4.04. The average Bonchev–Trinajstić information content (AvgIpc) is 2.63. The monoisotopic (exact) mass is 355 g/mol. The van der Waals surface area contributed by atoms with Crippen molar-refractivity contribution in [2.45, 2.75) is 32.2 Å². The SMILES string of the molecule is CCCC(C)(N)C(=O)Nc1ccc(C(=O)Nc2ccc(OC)cc2)cc1. The molecule has 2 aromatic carbocycles. The van der Waals surface area contributed by atoms with Gasteiger partial charge in [-0.2, -0.15) is 0 Å². The number of hydrogen-bond acceptors (Lipinski definition) is 4. The van der Waals surface area contributed by atoms with Crippen LogP contribution in [0.4, 0.5) is 11.4 Å². The fourth-order valence-electron chi connectivity index (χ4n) is 2.49. The summed E-state index contributed by atoms with van der Waals surface area (Å²) in [6, 6.07) is 13.8. The third kappa shape index (κ3) is 5.07. The highest BCUT2D eigenvalue weighted by atomic mass is 16.5. The maximum Gasteiger partial charge on any atom is 0.255 e. The minimum atomic E-state index is -0.917. The molecule has 138 valence electrons. The first-order valence-electron chi connectivity index (χ1n) is 8.51. The average molecular weight is 355 g/mol. The molecule has 0 aliphatic carbocycles. The van der Waals surface area contributed by atoms with Crippen molar-refractivity contribution in [3.8, 4) is 5.75 Å².